The summed E-state index contributed by atoms with van der Waals surface area (Å²) >= 11 is 0. The van der Waals surface area contributed by atoms with E-state index in [0.29, 0.717) is 6.42 Å². The molecule has 0 aliphatic carbocycles. The Morgan fingerprint density at radius 1 is 0.800 bits per heavy atom. The van der Waals surface area contributed by atoms with E-state index in [9.17, 15) is 4.79 Å². The Hall–Kier alpha value is -0.116. The fourth-order valence-corrected chi connectivity index (χ4v) is 2.53. The third kappa shape index (κ3) is 23.9. The molecule has 0 bridgehead atoms. The molecule has 0 radical (unpaired) electrons. The van der Waals surface area contributed by atoms with E-state index in [4.69, 9.17) is 4.89 Å². The van der Waals surface area contributed by atoms with Crippen molar-refractivity contribution >= 4 is 5.97 Å². The van der Waals surface area contributed by atoms with Gasteiger partial charge in [0.1, 0.15) is 0 Å². The summed E-state index contributed by atoms with van der Waals surface area (Å²) in [6.07, 6.45) is 21.5. The van der Waals surface area contributed by atoms with Crippen molar-refractivity contribution < 1.29 is 36.3 Å². The average Bonchev–Trinajstić information content (AvgIpc) is 2.56. The van der Waals surface area contributed by atoms with Crippen LogP contribution >= 0.6 is 0 Å². The van der Waals surface area contributed by atoms with E-state index in [-0.39, 0.29) is 33.8 Å². The molecule has 4 heteroatoms. The number of unbranched alkanes of at least 4 members (excludes halogenated alkanes) is 11. The van der Waals surface area contributed by atoms with Crippen LogP contribution in [0.25, 0.3) is 0 Å². The molecule has 146 valence electrons. The predicted octanol–water partition coefficient (Wildman–Crippen LogP) is 6.90. The summed E-state index contributed by atoms with van der Waals surface area (Å²) in [6, 6.07) is 0. The van der Waals surface area contributed by atoms with Gasteiger partial charge in [0.2, 0.25) is 0 Å². The number of carbonyl (C=O) groups excluding carboxylic acids is 1. The van der Waals surface area contributed by atoms with Gasteiger partial charge in [-0.3, -0.25) is 4.89 Å². The van der Waals surface area contributed by atoms with Crippen molar-refractivity contribution in [3.05, 3.63) is 12.2 Å². The minimum Gasteiger partial charge on any atom is -0.298 e. The molecule has 0 aromatic rings. The van der Waals surface area contributed by atoms with E-state index in [0.717, 1.165) is 12.8 Å². The fourth-order valence-electron chi connectivity index (χ4n) is 2.53. The second-order valence-electron chi connectivity index (χ2n) is 6.93. The molecule has 0 aliphatic rings. The molecular weight excluding hydrogens is 348 g/mol. The number of hydrogen-bond acceptors (Lipinski definition) is 3. The summed E-state index contributed by atoms with van der Waals surface area (Å²) in [5, 5.41) is 0. The second kappa shape index (κ2) is 21.9. The first-order chi connectivity index (χ1) is 11.7. The van der Waals surface area contributed by atoms with Gasteiger partial charge in [-0.1, -0.05) is 70.4 Å². The van der Waals surface area contributed by atoms with Gasteiger partial charge in [-0.15, -0.1) is 0 Å². The quantitative estimate of drug-likeness (QED) is 0.0893. The van der Waals surface area contributed by atoms with Gasteiger partial charge in [0.05, 0.1) is 6.10 Å². The molecule has 0 saturated heterocycles. The van der Waals surface area contributed by atoms with Gasteiger partial charge in [0, 0.05) is 28.1 Å². The molecule has 0 atom stereocenters. The normalized spacial score (nSPS) is 11.0. The Morgan fingerprint density at radius 3 is 1.80 bits per heavy atom. The standard InChI is InChI=1S/C21H40O3.Ti/c1-4-5-6-7-8-9-10-11-12-13-14-15-16-17-18-19-21(22)24-23-20(2)3;/h11-12,20H,4-10,13-19H2,1-3H3;/b12-11-;. The van der Waals surface area contributed by atoms with Crippen molar-refractivity contribution in [1.29, 1.82) is 0 Å². The van der Waals surface area contributed by atoms with Crippen LogP contribution in [0, 0.1) is 0 Å². The molecule has 0 aliphatic heterocycles. The third-order valence-electron chi connectivity index (χ3n) is 3.98. The molecule has 0 aromatic carbocycles. The smallest absolute Gasteiger partial charge is 0.298 e. The van der Waals surface area contributed by atoms with Gasteiger partial charge < -0.3 is 0 Å². The van der Waals surface area contributed by atoms with Gasteiger partial charge in [-0.25, -0.2) is 4.79 Å². The first-order valence-electron chi connectivity index (χ1n) is 10.2. The van der Waals surface area contributed by atoms with E-state index in [1.807, 2.05) is 13.8 Å². The van der Waals surface area contributed by atoms with Crippen LogP contribution < -0.4 is 0 Å². The van der Waals surface area contributed by atoms with E-state index < -0.39 is 0 Å². The van der Waals surface area contributed by atoms with E-state index in [1.54, 1.807) is 0 Å². The Morgan fingerprint density at radius 2 is 1.28 bits per heavy atom. The van der Waals surface area contributed by atoms with Gasteiger partial charge >= 0.3 is 5.97 Å². The molecular formula is C21H40O3Ti. The summed E-state index contributed by atoms with van der Waals surface area (Å²) in [6.45, 7) is 5.95. The number of hydrogen-bond donors (Lipinski definition) is 0. The van der Waals surface area contributed by atoms with Gasteiger partial charge in [-0.05, 0) is 46.0 Å². The monoisotopic (exact) mass is 388 g/mol. The van der Waals surface area contributed by atoms with Crippen molar-refractivity contribution in [2.24, 2.45) is 0 Å². The van der Waals surface area contributed by atoms with Crippen molar-refractivity contribution in [3.8, 4) is 0 Å². The summed E-state index contributed by atoms with van der Waals surface area (Å²) < 4.78 is 0. The number of allylic oxidation sites excluding steroid dienone is 2. The summed E-state index contributed by atoms with van der Waals surface area (Å²) in [5.41, 5.74) is 0. The second-order valence-corrected chi connectivity index (χ2v) is 6.93. The van der Waals surface area contributed by atoms with E-state index in [2.05, 4.69) is 24.0 Å². The van der Waals surface area contributed by atoms with Crippen molar-refractivity contribution in [2.45, 2.75) is 117 Å². The molecule has 0 aromatic heterocycles. The SMILES string of the molecule is CCCCCCCC/C=C\CCCCCCCC(=O)OOC(C)C.[Ti]. The first kappa shape index (κ1) is 27.1. The summed E-state index contributed by atoms with van der Waals surface area (Å²) in [4.78, 5) is 20.8. The third-order valence-corrected chi connectivity index (χ3v) is 3.98. The maximum atomic E-state index is 11.3. The Labute approximate surface area is 171 Å². The van der Waals surface area contributed by atoms with Gasteiger partial charge in [-0.2, -0.15) is 4.89 Å². The molecule has 0 spiro atoms. The molecule has 0 amide bonds. The zero-order valence-corrected chi connectivity index (χ0v) is 18.4. The van der Waals surface area contributed by atoms with Crippen LogP contribution in [-0.4, -0.2) is 12.1 Å². The number of carbonyl (C=O) groups is 1. The summed E-state index contributed by atoms with van der Waals surface area (Å²) in [5.74, 6) is -0.249. The average molecular weight is 388 g/mol. The van der Waals surface area contributed by atoms with Crippen molar-refractivity contribution in [3.63, 3.8) is 0 Å². The van der Waals surface area contributed by atoms with Crippen LogP contribution in [0.3, 0.4) is 0 Å². The Kier molecular flexibility index (Phi) is 23.8. The molecule has 0 rings (SSSR count). The largest absolute Gasteiger partial charge is 0.342 e. The van der Waals surface area contributed by atoms with E-state index in [1.165, 1.54) is 70.6 Å². The van der Waals surface area contributed by atoms with Crippen LogP contribution in [-0.2, 0) is 36.3 Å². The van der Waals surface area contributed by atoms with E-state index >= 15 is 0 Å². The number of rotatable bonds is 17. The molecule has 0 heterocycles. The molecule has 0 unspecified atom stereocenters. The minimum absolute atomic E-state index is 0. The predicted molar refractivity (Wildman–Crippen MR) is 102 cm³/mol. The van der Waals surface area contributed by atoms with Crippen LogP contribution in [0.15, 0.2) is 12.2 Å². The molecule has 0 N–H and O–H groups in total. The van der Waals surface area contributed by atoms with Crippen LogP contribution in [0.4, 0.5) is 0 Å². The maximum Gasteiger partial charge on any atom is 0.342 e. The van der Waals surface area contributed by atoms with Crippen LogP contribution in [0.2, 0.25) is 0 Å². The Bertz CT molecular complexity index is 304. The summed E-state index contributed by atoms with van der Waals surface area (Å²) in [7, 11) is 0. The topological polar surface area (TPSA) is 35.5 Å². The first-order valence-corrected chi connectivity index (χ1v) is 10.2. The molecule has 25 heavy (non-hydrogen) atoms. The van der Waals surface area contributed by atoms with Gasteiger partial charge in [0.15, 0.2) is 0 Å². The van der Waals surface area contributed by atoms with Crippen LogP contribution in [0.1, 0.15) is 111 Å². The van der Waals surface area contributed by atoms with Gasteiger partial charge in [0.25, 0.3) is 0 Å². The molecule has 0 fully saturated rings. The van der Waals surface area contributed by atoms with Crippen molar-refractivity contribution in [1.82, 2.24) is 0 Å². The maximum absolute atomic E-state index is 11.3. The fraction of sp³-hybridized carbons (Fsp3) is 0.857. The zero-order valence-electron chi connectivity index (χ0n) is 16.9. The van der Waals surface area contributed by atoms with Crippen molar-refractivity contribution in [2.75, 3.05) is 0 Å². The molecule has 3 nitrogen and oxygen atoms in total. The molecule has 0 saturated carbocycles. The minimum atomic E-state index is -0.249. The Balaban J connectivity index is 0. The van der Waals surface area contributed by atoms with Crippen LogP contribution in [0.5, 0.6) is 0 Å². The zero-order chi connectivity index (χ0) is 17.9.